The summed E-state index contributed by atoms with van der Waals surface area (Å²) >= 11 is 0. The second-order valence-electron chi connectivity index (χ2n) is 6.37. The minimum atomic E-state index is -0.276. The summed E-state index contributed by atoms with van der Waals surface area (Å²) in [6, 6.07) is 12.2. The van der Waals surface area contributed by atoms with Gasteiger partial charge in [0.1, 0.15) is 11.5 Å². The van der Waals surface area contributed by atoms with Crippen molar-refractivity contribution in [1.82, 2.24) is 9.88 Å². The van der Waals surface area contributed by atoms with Gasteiger partial charge < -0.3 is 9.88 Å². The SMILES string of the molecule is Cc1cc(C)c2cc(C(=O)N(C)C(C)c3ccc(F)cc3)[nH]c2c1. The molecule has 0 bridgehead atoms. The highest BCUT2D eigenvalue weighted by atomic mass is 19.1. The molecule has 0 fully saturated rings. The van der Waals surface area contributed by atoms with Crippen LogP contribution in [0.15, 0.2) is 42.5 Å². The first-order valence-corrected chi connectivity index (χ1v) is 7.99. The molecule has 0 aliphatic heterocycles. The topological polar surface area (TPSA) is 36.1 Å². The maximum atomic E-state index is 13.1. The average Bonchev–Trinajstić information content (AvgIpc) is 2.97. The average molecular weight is 324 g/mol. The number of hydrogen-bond acceptors (Lipinski definition) is 1. The molecule has 3 aromatic rings. The van der Waals surface area contributed by atoms with Crippen LogP contribution in [0.5, 0.6) is 0 Å². The third-order valence-corrected chi connectivity index (χ3v) is 4.57. The Balaban J connectivity index is 1.90. The lowest BCUT2D eigenvalue weighted by Gasteiger charge is -2.25. The highest BCUT2D eigenvalue weighted by Crippen LogP contribution is 2.25. The highest BCUT2D eigenvalue weighted by molar-refractivity contribution is 5.99. The van der Waals surface area contributed by atoms with Gasteiger partial charge in [0.2, 0.25) is 0 Å². The van der Waals surface area contributed by atoms with E-state index in [4.69, 9.17) is 0 Å². The van der Waals surface area contributed by atoms with Crippen molar-refractivity contribution in [2.45, 2.75) is 26.8 Å². The van der Waals surface area contributed by atoms with Crippen LogP contribution in [0.2, 0.25) is 0 Å². The van der Waals surface area contributed by atoms with Crippen molar-refractivity contribution in [3.05, 3.63) is 70.7 Å². The fourth-order valence-corrected chi connectivity index (χ4v) is 3.05. The standard InChI is InChI=1S/C20H21FN2O/c1-12-9-13(2)17-11-19(22-18(17)10-12)20(24)23(4)14(3)15-5-7-16(21)8-6-15/h5-11,14,22H,1-4H3. The second kappa shape index (κ2) is 6.11. The second-order valence-corrected chi connectivity index (χ2v) is 6.37. The first-order valence-electron chi connectivity index (χ1n) is 7.99. The van der Waals surface area contributed by atoms with Gasteiger partial charge in [0.15, 0.2) is 0 Å². The molecule has 3 nitrogen and oxygen atoms in total. The van der Waals surface area contributed by atoms with Crippen molar-refractivity contribution in [1.29, 1.82) is 0 Å². The van der Waals surface area contributed by atoms with E-state index < -0.39 is 0 Å². The fourth-order valence-electron chi connectivity index (χ4n) is 3.05. The highest BCUT2D eigenvalue weighted by Gasteiger charge is 2.21. The van der Waals surface area contributed by atoms with Gasteiger partial charge in [-0.15, -0.1) is 0 Å². The fraction of sp³-hybridized carbons (Fsp3) is 0.250. The Bertz CT molecular complexity index is 896. The minimum absolute atomic E-state index is 0.0833. The summed E-state index contributed by atoms with van der Waals surface area (Å²) in [6.07, 6.45) is 0. The summed E-state index contributed by atoms with van der Waals surface area (Å²) in [7, 11) is 1.76. The van der Waals surface area contributed by atoms with Crippen molar-refractivity contribution >= 4 is 16.8 Å². The van der Waals surface area contributed by atoms with Crippen LogP contribution in [0.3, 0.4) is 0 Å². The molecular weight excluding hydrogens is 303 g/mol. The molecular formula is C20H21FN2O. The first-order chi connectivity index (χ1) is 11.4. The molecule has 1 heterocycles. The molecule has 3 rings (SSSR count). The molecule has 1 atom stereocenters. The minimum Gasteiger partial charge on any atom is -0.351 e. The molecule has 124 valence electrons. The van der Waals surface area contributed by atoms with Crippen molar-refractivity contribution in [3.63, 3.8) is 0 Å². The van der Waals surface area contributed by atoms with Crippen molar-refractivity contribution in [2.75, 3.05) is 7.05 Å². The van der Waals surface area contributed by atoms with Crippen LogP contribution < -0.4 is 0 Å². The number of nitrogens with one attached hydrogen (secondary N) is 1. The summed E-state index contributed by atoms with van der Waals surface area (Å²) in [4.78, 5) is 17.7. The molecule has 1 N–H and O–H groups in total. The Kier molecular flexibility index (Phi) is 4.14. The van der Waals surface area contributed by atoms with Crippen LogP contribution in [-0.4, -0.2) is 22.8 Å². The van der Waals surface area contributed by atoms with Crippen LogP contribution in [0.25, 0.3) is 10.9 Å². The van der Waals surface area contributed by atoms with Crippen molar-refractivity contribution in [3.8, 4) is 0 Å². The predicted molar refractivity (Wildman–Crippen MR) is 94.7 cm³/mol. The lowest BCUT2D eigenvalue weighted by Crippen LogP contribution is -2.29. The number of rotatable bonds is 3. The van der Waals surface area contributed by atoms with Gasteiger partial charge in [-0.3, -0.25) is 4.79 Å². The molecule has 0 spiro atoms. The summed E-state index contributed by atoms with van der Waals surface area (Å²) in [5, 5.41) is 1.06. The summed E-state index contributed by atoms with van der Waals surface area (Å²) in [5.41, 5.74) is 4.74. The number of halogens is 1. The summed E-state index contributed by atoms with van der Waals surface area (Å²) in [5.74, 6) is -0.360. The molecule has 1 aromatic heterocycles. The summed E-state index contributed by atoms with van der Waals surface area (Å²) in [6.45, 7) is 6.02. The van der Waals surface area contributed by atoms with Gasteiger partial charge in [-0.1, -0.05) is 18.2 Å². The normalized spacial score (nSPS) is 12.4. The number of benzene rings is 2. The number of carbonyl (C=O) groups is 1. The first kappa shape index (κ1) is 16.2. The van der Waals surface area contributed by atoms with Gasteiger partial charge in [0.25, 0.3) is 5.91 Å². The van der Waals surface area contributed by atoms with E-state index in [0.29, 0.717) is 5.69 Å². The third kappa shape index (κ3) is 2.92. The largest absolute Gasteiger partial charge is 0.351 e. The molecule has 0 aliphatic carbocycles. The number of amides is 1. The number of carbonyl (C=O) groups excluding carboxylic acids is 1. The maximum Gasteiger partial charge on any atom is 0.270 e. The Morgan fingerprint density at radius 2 is 1.79 bits per heavy atom. The number of aromatic nitrogens is 1. The van der Waals surface area contributed by atoms with Crippen molar-refractivity contribution < 1.29 is 9.18 Å². The van der Waals surface area contributed by atoms with E-state index in [1.54, 1.807) is 24.1 Å². The number of H-pyrrole nitrogens is 1. The lowest BCUT2D eigenvalue weighted by molar-refractivity contribution is 0.0737. The van der Waals surface area contributed by atoms with Gasteiger partial charge in [0, 0.05) is 18.0 Å². The number of aryl methyl sites for hydroxylation is 2. The lowest BCUT2D eigenvalue weighted by atomic mass is 10.1. The van der Waals surface area contributed by atoms with Crippen molar-refractivity contribution in [2.24, 2.45) is 0 Å². The van der Waals surface area contributed by atoms with Crippen LogP contribution in [-0.2, 0) is 0 Å². The van der Waals surface area contributed by atoms with E-state index in [9.17, 15) is 9.18 Å². The predicted octanol–water partition coefficient (Wildman–Crippen LogP) is 4.76. The van der Waals surface area contributed by atoms with E-state index >= 15 is 0 Å². The Hall–Kier alpha value is -2.62. The number of nitrogens with zero attached hydrogens (tertiary/aromatic N) is 1. The Morgan fingerprint density at radius 1 is 1.12 bits per heavy atom. The van der Waals surface area contributed by atoms with E-state index in [0.717, 1.165) is 27.6 Å². The zero-order valence-corrected chi connectivity index (χ0v) is 14.4. The van der Waals surface area contributed by atoms with Crippen LogP contribution in [0.1, 0.15) is 40.1 Å². The Morgan fingerprint density at radius 3 is 2.46 bits per heavy atom. The smallest absolute Gasteiger partial charge is 0.270 e. The zero-order chi connectivity index (χ0) is 17.4. The van der Waals surface area contributed by atoms with E-state index in [1.807, 2.05) is 32.9 Å². The molecule has 0 aliphatic rings. The molecule has 24 heavy (non-hydrogen) atoms. The maximum absolute atomic E-state index is 13.1. The third-order valence-electron chi connectivity index (χ3n) is 4.57. The molecule has 4 heteroatoms. The molecule has 1 amide bonds. The van der Waals surface area contributed by atoms with Gasteiger partial charge in [-0.25, -0.2) is 4.39 Å². The molecule has 1 unspecified atom stereocenters. The summed E-state index contributed by atoms with van der Waals surface area (Å²) < 4.78 is 13.1. The zero-order valence-electron chi connectivity index (χ0n) is 14.4. The van der Waals surface area contributed by atoms with Gasteiger partial charge in [-0.05, 0) is 61.7 Å². The molecule has 2 aromatic carbocycles. The van der Waals surface area contributed by atoms with Gasteiger partial charge in [-0.2, -0.15) is 0 Å². The van der Waals surface area contributed by atoms with E-state index in [-0.39, 0.29) is 17.8 Å². The number of fused-ring (bicyclic) bond motifs is 1. The van der Waals surface area contributed by atoms with Gasteiger partial charge >= 0.3 is 0 Å². The monoisotopic (exact) mass is 324 g/mol. The number of hydrogen-bond donors (Lipinski definition) is 1. The van der Waals surface area contributed by atoms with E-state index in [2.05, 4.69) is 11.1 Å². The van der Waals surface area contributed by atoms with Crippen LogP contribution in [0.4, 0.5) is 4.39 Å². The molecule has 0 saturated heterocycles. The number of aromatic amines is 1. The molecule has 0 saturated carbocycles. The van der Waals surface area contributed by atoms with Gasteiger partial charge in [0.05, 0.1) is 6.04 Å². The van der Waals surface area contributed by atoms with Crippen LogP contribution in [0, 0.1) is 19.7 Å². The van der Waals surface area contributed by atoms with E-state index in [1.165, 1.54) is 12.1 Å². The quantitative estimate of drug-likeness (QED) is 0.741. The van der Waals surface area contributed by atoms with Crippen LogP contribution >= 0.6 is 0 Å². The molecule has 0 radical (unpaired) electrons. The Labute approximate surface area is 141 Å².